The number of piperidine rings is 1. The van der Waals surface area contributed by atoms with Crippen LogP contribution in [0.5, 0.6) is 0 Å². The van der Waals surface area contributed by atoms with Crippen molar-refractivity contribution < 1.29 is 23.6 Å². The lowest BCUT2D eigenvalue weighted by atomic mass is 9.96. The fourth-order valence-electron chi connectivity index (χ4n) is 3.71. The lowest BCUT2D eigenvalue weighted by Crippen LogP contribution is -2.54. The second-order valence-corrected chi connectivity index (χ2v) is 6.48. The Balaban J connectivity index is 1.76. The molecule has 0 saturated carbocycles. The topological polar surface area (TPSA) is 95.6 Å². The van der Waals surface area contributed by atoms with Gasteiger partial charge in [-0.3, -0.25) is 29.4 Å². The highest BCUT2D eigenvalue weighted by atomic mass is 19.1. The van der Waals surface area contributed by atoms with E-state index in [1.165, 1.54) is 0 Å². The fraction of sp³-hybridized carbons (Fsp3) is 0.412. The van der Waals surface area contributed by atoms with Gasteiger partial charge in [-0.15, -0.1) is 0 Å². The van der Waals surface area contributed by atoms with E-state index in [2.05, 4.69) is 10.6 Å². The number of fused-ring (bicyclic) bond motifs is 2. The first kappa shape index (κ1) is 15.9. The van der Waals surface area contributed by atoms with Gasteiger partial charge >= 0.3 is 0 Å². The molecular formula is C17H16FN3O4. The van der Waals surface area contributed by atoms with Crippen LogP contribution < -0.4 is 10.6 Å². The molecule has 25 heavy (non-hydrogen) atoms. The molecule has 1 unspecified atom stereocenters. The van der Waals surface area contributed by atoms with Crippen LogP contribution in [0, 0.1) is 5.82 Å². The third kappa shape index (κ3) is 2.36. The van der Waals surface area contributed by atoms with Crippen molar-refractivity contribution >= 4 is 23.6 Å². The molecule has 130 valence electrons. The Hall–Kier alpha value is -2.61. The zero-order valence-corrected chi connectivity index (χ0v) is 13.4. The highest BCUT2D eigenvalue weighted by Gasteiger charge is 2.46. The first-order valence-electron chi connectivity index (χ1n) is 8.25. The molecule has 4 amide bonds. The Bertz CT molecular complexity index is 836. The van der Waals surface area contributed by atoms with Crippen molar-refractivity contribution in [2.75, 3.05) is 6.54 Å². The van der Waals surface area contributed by atoms with Gasteiger partial charge in [-0.05, 0) is 37.4 Å². The number of rotatable bonds is 1. The Morgan fingerprint density at radius 2 is 1.92 bits per heavy atom. The molecule has 1 aromatic carbocycles. The number of halogens is 1. The maximum atomic E-state index is 15.0. The van der Waals surface area contributed by atoms with Crippen molar-refractivity contribution in [3.8, 4) is 0 Å². The minimum Gasteiger partial charge on any atom is -0.313 e. The van der Waals surface area contributed by atoms with Gasteiger partial charge in [-0.1, -0.05) is 0 Å². The highest BCUT2D eigenvalue weighted by molar-refractivity contribution is 6.23. The van der Waals surface area contributed by atoms with Gasteiger partial charge in [0, 0.05) is 18.5 Å². The molecule has 0 bridgehead atoms. The van der Waals surface area contributed by atoms with E-state index in [1.54, 1.807) is 6.07 Å². The van der Waals surface area contributed by atoms with E-state index < -0.39 is 35.5 Å². The predicted molar refractivity (Wildman–Crippen MR) is 83.1 cm³/mol. The van der Waals surface area contributed by atoms with Gasteiger partial charge in [0.1, 0.15) is 11.9 Å². The summed E-state index contributed by atoms with van der Waals surface area (Å²) in [5, 5.41) is 5.22. The average molecular weight is 345 g/mol. The van der Waals surface area contributed by atoms with Crippen molar-refractivity contribution in [2.45, 2.75) is 38.3 Å². The van der Waals surface area contributed by atoms with Crippen LogP contribution in [0.15, 0.2) is 6.07 Å². The summed E-state index contributed by atoms with van der Waals surface area (Å²) >= 11 is 0. The second kappa shape index (κ2) is 5.73. The normalized spacial score (nSPS) is 23.2. The summed E-state index contributed by atoms with van der Waals surface area (Å²) < 4.78 is 15.0. The Morgan fingerprint density at radius 1 is 1.12 bits per heavy atom. The molecular weight excluding hydrogens is 329 g/mol. The minimum absolute atomic E-state index is 0.00727. The Kier molecular flexibility index (Phi) is 3.64. The molecule has 4 rings (SSSR count). The SMILES string of the molecule is O=C1CCC(N2C(=O)c3cc4c(c(F)c3C2=O)CNCCC4)C(=O)N1. The third-order valence-corrected chi connectivity index (χ3v) is 4.97. The molecule has 1 saturated heterocycles. The maximum Gasteiger partial charge on any atom is 0.265 e. The van der Waals surface area contributed by atoms with Crippen LogP contribution in [-0.4, -0.2) is 41.1 Å². The number of hydrogen-bond donors (Lipinski definition) is 2. The van der Waals surface area contributed by atoms with E-state index in [4.69, 9.17) is 0 Å². The molecule has 1 aromatic rings. The highest BCUT2D eigenvalue weighted by Crippen LogP contribution is 2.33. The van der Waals surface area contributed by atoms with Gasteiger partial charge < -0.3 is 5.32 Å². The van der Waals surface area contributed by atoms with Crippen molar-refractivity contribution in [2.24, 2.45) is 0 Å². The molecule has 3 heterocycles. The van der Waals surface area contributed by atoms with Gasteiger partial charge in [-0.2, -0.15) is 0 Å². The molecule has 0 radical (unpaired) electrons. The zero-order valence-electron chi connectivity index (χ0n) is 13.4. The average Bonchev–Trinajstić information content (AvgIpc) is 2.74. The molecule has 0 aromatic heterocycles. The molecule has 1 fully saturated rings. The molecule has 3 aliphatic rings. The first-order valence-corrected chi connectivity index (χ1v) is 8.25. The summed E-state index contributed by atoms with van der Waals surface area (Å²) in [6.07, 6.45) is 1.52. The number of benzene rings is 1. The van der Waals surface area contributed by atoms with Crippen LogP contribution in [0.4, 0.5) is 4.39 Å². The van der Waals surface area contributed by atoms with Crippen LogP contribution in [-0.2, 0) is 22.6 Å². The van der Waals surface area contributed by atoms with Gasteiger partial charge in [0.15, 0.2) is 0 Å². The molecule has 0 aliphatic carbocycles. The second-order valence-electron chi connectivity index (χ2n) is 6.48. The number of nitrogens with zero attached hydrogens (tertiary/aromatic N) is 1. The van der Waals surface area contributed by atoms with E-state index in [1.807, 2.05) is 0 Å². The maximum absolute atomic E-state index is 15.0. The summed E-state index contributed by atoms with van der Waals surface area (Å²) in [6, 6.07) is 0.495. The molecule has 0 spiro atoms. The largest absolute Gasteiger partial charge is 0.313 e. The van der Waals surface area contributed by atoms with E-state index >= 15 is 0 Å². The van der Waals surface area contributed by atoms with Gasteiger partial charge in [0.2, 0.25) is 11.8 Å². The number of amides is 4. The van der Waals surface area contributed by atoms with Crippen LogP contribution >= 0.6 is 0 Å². The number of nitrogens with one attached hydrogen (secondary N) is 2. The minimum atomic E-state index is -1.08. The molecule has 7 nitrogen and oxygen atoms in total. The van der Waals surface area contributed by atoms with E-state index in [-0.39, 0.29) is 24.0 Å². The summed E-state index contributed by atoms with van der Waals surface area (Å²) in [4.78, 5) is 49.5. The van der Waals surface area contributed by atoms with Crippen LogP contribution in [0.2, 0.25) is 0 Å². The fourth-order valence-corrected chi connectivity index (χ4v) is 3.71. The van der Waals surface area contributed by atoms with Gasteiger partial charge in [-0.25, -0.2) is 4.39 Å². The molecule has 8 heteroatoms. The Labute approximate surface area is 142 Å². The van der Waals surface area contributed by atoms with E-state index in [9.17, 15) is 23.6 Å². The van der Waals surface area contributed by atoms with Gasteiger partial charge in [0.05, 0.1) is 11.1 Å². The smallest absolute Gasteiger partial charge is 0.265 e. The first-order chi connectivity index (χ1) is 12.0. The Morgan fingerprint density at radius 3 is 2.68 bits per heavy atom. The number of aryl methyl sites for hydroxylation is 1. The van der Waals surface area contributed by atoms with E-state index in [0.717, 1.165) is 17.9 Å². The van der Waals surface area contributed by atoms with Crippen LogP contribution in [0.1, 0.15) is 51.1 Å². The third-order valence-electron chi connectivity index (χ3n) is 4.97. The molecule has 3 aliphatic heterocycles. The summed E-state index contributed by atoms with van der Waals surface area (Å²) in [7, 11) is 0. The van der Waals surface area contributed by atoms with Crippen molar-refractivity contribution in [3.05, 3.63) is 34.1 Å². The number of imide groups is 2. The van der Waals surface area contributed by atoms with Crippen molar-refractivity contribution in [1.82, 2.24) is 15.5 Å². The van der Waals surface area contributed by atoms with E-state index in [0.29, 0.717) is 24.1 Å². The van der Waals surface area contributed by atoms with Crippen LogP contribution in [0.3, 0.4) is 0 Å². The summed E-state index contributed by atoms with van der Waals surface area (Å²) in [5.41, 5.74) is 0.861. The monoisotopic (exact) mass is 345 g/mol. The van der Waals surface area contributed by atoms with Crippen molar-refractivity contribution in [1.29, 1.82) is 0 Å². The van der Waals surface area contributed by atoms with Crippen LogP contribution in [0.25, 0.3) is 0 Å². The summed E-state index contributed by atoms with van der Waals surface area (Å²) in [6.45, 7) is 1.04. The molecule has 1 atom stereocenters. The summed E-state index contributed by atoms with van der Waals surface area (Å²) in [5.74, 6) is -3.31. The van der Waals surface area contributed by atoms with Gasteiger partial charge in [0.25, 0.3) is 11.8 Å². The predicted octanol–water partition coefficient (Wildman–Crippen LogP) is 0.263. The quantitative estimate of drug-likeness (QED) is 0.712. The number of carbonyl (C=O) groups excluding carboxylic acids is 4. The lowest BCUT2D eigenvalue weighted by molar-refractivity contribution is -0.136. The molecule has 2 N–H and O–H groups in total. The van der Waals surface area contributed by atoms with Crippen molar-refractivity contribution in [3.63, 3.8) is 0 Å². The standard InChI is InChI=1S/C17H16FN3O4/c18-14-10-7-19-5-1-2-8(10)6-9-13(14)17(25)21(16(9)24)11-3-4-12(22)20-15(11)23/h6,11,19H,1-5,7H2,(H,20,22,23). The lowest BCUT2D eigenvalue weighted by Gasteiger charge is -2.27. The number of carbonyl (C=O) groups is 4. The zero-order chi connectivity index (χ0) is 17.7. The number of hydrogen-bond acceptors (Lipinski definition) is 5.